The molecule has 0 aliphatic carbocycles. The van der Waals surface area contributed by atoms with Gasteiger partial charge in [-0.05, 0) is 48.5 Å². The summed E-state index contributed by atoms with van der Waals surface area (Å²) in [5.74, 6) is -0.196. The van der Waals surface area contributed by atoms with Gasteiger partial charge in [-0.25, -0.2) is 4.39 Å². The van der Waals surface area contributed by atoms with Gasteiger partial charge in [0.25, 0.3) is 0 Å². The molecule has 3 rings (SSSR count). The summed E-state index contributed by atoms with van der Waals surface area (Å²) in [6.07, 6.45) is 0. The molecule has 2 heteroatoms. The van der Waals surface area contributed by atoms with E-state index in [4.69, 9.17) is 0 Å². The summed E-state index contributed by atoms with van der Waals surface area (Å²) in [6, 6.07) is 27.5. The van der Waals surface area contributed by atoms with Crippen LogP contribution >= 0.6 is 0 Å². The molecule has 0 saturated carbocycles. The van der Waals surface area contributed by atoms with E-state index in [-0.39, 0.29) is 16.7 Å². The van der Waals surface area contributed by atoms with Crippen molar-refractivity contribution in [2.75, 3.05) is 0 Å². The molecular formula is C20H20FS+. The van der Waals surface area contributed by atoms with E-state index in [2.05, 4.69) is 24.3 Å². The normalized spacial score (nSPS) is 10.0. The molecule has 0 nitrogen and oxygen atoms in total. The lowest BCUT2D eigenvalue weighted by Gasteiger charge is -2.07. The maximum atomic E-state index is 13.2. The van der Waals surface area contributed by atoms with Gasteiger partial charge in [0.1, 0.15) is 5.82 Å². The summed E-state index contributed by atoms with van der Waals surface area (Å²) in [6.45, 7) is 4.00. The highest BCUT2D eigenvalue weighted by Gasteiger charge is 2.27. The lowest BCUT2D eigenvalue weighted by atomic mass is 10.3. The fourth-order valence-electron chi connectivity index (χ4n) is 2.09. The average molecular weight is 311 g/mol. The van der Waals surface area contributed by atoms with Crippen molar-refractivity contribution in [2.45, 2.75) is 28.5 Å². The van der Waals surface area contributed by atoms with Crippen LogP contribution in [0.25, 0.3) is 0 Å². The molecule has 22 heavy (non-hydrogen) atoms. The first-order valence-electron chi connectivity index (χ1n) is 7.44. The van der Waals surface area contributed by atoms with Gasteiger partial charge in [0, 0.05) is 0 Å². The summed E-state index contributed by atoms with van der Waals surface area (Å²) >= 11 is 0. The Labute approximate surface area is 135 Å². The Hall–Kier alpha value is -2.06. The van der Waals surface area contributed by atoms with Crippen LogP contribution in [-0.4, -0.2) is 0 Å². The van der Waals surface area contributed by atoms with E-state index in [1.54, 1.807) is 0 Å². The predicted octanol–water partition coefficient (Wildman–Crippen LogP) is 5.95. The first-order chi connectivity index (χ1) is 10.8. The zero-order valence-electron chi connectivity index (χ0n) is 12.9. The van der Waals surface area contributed by atoms with Gasteiger partial charge in [-0.1, -0.05) is 50.2 Å². The molecule has 0 fully saturated rings. The van der Waals surface area contributed by atoms with Crippen LogP contribution in [-0.2, 0) is 10.9 Å². The molecule has 0 atom stereocenters. The summed E-state index contributed by atoms with van der Waals surface area (Å²) in [4.78, 5) is 3.61. The van der Waals surface area contributed by atoms with Crippen LogP contribution in [0.5, 0.6) is 0 Å². The predicted molar refractivity (Wildman–Crippen MR) is 92.8 cm³/mol. The minimum absolute atomic E-state index is 0.190. The Morgan fingerprint density at radius 1 is 0.545 bits per heavy atom. The van der Waals surface area contributed by atoms with Crippen LogP contribution < -0.4 is 0 Å². The first kappa shape index (κ1) is 16.3. The number of hydrogen-bond acceptors (Lipinski definition) is 0. The Morgan fingerprint density at radius 2 is 0.909 bits per heavy atom. The molecule has 0 unspecified atom stereocenters. The van der Waals surface area contributed by atoms with Crippen molar-refractivity contribution < 1.29 is 4.39 Å². The fraction of sp³-hybridized carbons (Fsp3) is 0.100. The summed E-state index contributed by atoms with van der Waals surface area (Å²) in [5.41, 5.74) is 0. The van der Waals surface area contributed by atoms with Crippen molar-refractivity contribution in [1.82, 2.24) is 0 Å². The van der Waals surface area contributed by atoms with Gasteiger partial charge >= 0.3 is 0 Å². The van der Waals surface area contributed by atoms with Crippen LogP contribution in [0.4, 0.5) is 4.39 Å². The van der Waals surface area contributed by atoms with Gasteiger partial charge < -0.3 is 0 Å². The van der Waals surface area contributed by atoms with Crippen molar-refractivity contribution in [3.8, 4) is 0 Å². The molecule has 3 aromatic rings. The maximum absolute atomic E-state index is 13.2. The van der Waals surface area contributed by atoms with E-state index in [1.807, 2.05) is 62.4 Å². The Bertz CT molecular complexity index is 624. The largest absolute Gasteiger partial charge is 0.207 e. The van der Waals surface area contributed by atoms with E-state index in [0.717, 1.165) is 4.90 Å². The van der Waals surface area contributed by atoms with Gasteiger partial charge in [0.15, 0.2) is 14.7 Å². The maximum Gasteiger partial charge on any atom is 0.166 e. The quantitative estimate of drug-likeness (QED) is 0.524. The average Bonchev–Trinajstić information content (AvgIpc) is 2.61. The highest BCUT2D eigenvalue weighted by molar-refractivity contribution is 7.97. The third-order valence-electron chi connectivity index (χ3n) is 3.01. The number of benzene rings is 3. The monoisotopic (exact) mass is 311 g/mol. The molecule has 0 aromatic heterocycles. The summed E-state index contributed by atoms with van der Waals surface area (Å²) < 4.78 is 13.2. The van der Waals surface area contributed by atoms with Gasteiger partial charge in [-0.2, -0.15) is 0 Å². The van der Waals surface area contributed by atoms with Crippen LogP contribution in [0, 0.1) is 5.82 Å². The third-order valence-corrected chi connectivity index (χ3v) is 5.24. The number of halogens is 1. The zero-order chi connectivity index (χ0) is 15.8. The lowest BCUT2D eigenvalue weighted by Crippen LogP contribution is -2.04. The zero-order valence-corrected chi connectivity index (χ0v) is 13.7. The van der Waals surface area contributed by atoms with Crippen molar-refractivity contribution in [3.63, 3.8) is 0 Å². The van der Waals surface area contributed by atoms with E-state index in [1.165, 1.54) is 21.9 Å². The minimum Gasteiger partial charge on any atom is -0.207 e. The topological polar surface area (TPSA) is 0 Å². The number of hydrogen-bond donors (Lipinski definition) is 0. The van der Waals surface area contributed by atoms with Gasteiger partial charge in [0.2, 0.25) is 0 Å². The van der Waals surface area contributed by atoms with Crippen molar-refractivity contribution in [2.24, 2.45) is 0 Å². The second-order valence-electron chi connectivity index (χ2n) is 4.39. The molecular weight excluding hydrogens is 291 g/mol. The van der Waals surface area contributed by atoms with E-state index in [0.29, 0.717) is 0 Å². The molecule has 0 aliphatic heterocycles. The van der Waals surface area contributed by atoms with Gasteiger partial charge in [-0.15, -0.1) is 0 Å². The highest BCUT2D eigenvalue weighted by atomic mass is 32.2. The van der Waals surface area contributed by atoms with E-state index >= 15 is 0 Å². The molecule has 0 heterocycles. The number of rotatable bonds is 3. The fourth-order valence-corrected chi connectivity index (χ4v) is 4.18. The molecule has 3 aromatic carbocycles. The van der Waals surface area contributed by atoms with Gasteiger partial charge in [-0.3, -0.25) is 0 Å². The Morgan fingerprint density at radius 3 is 1.32 bits per heavy atom. The van der Waals surface area contributed by atoms with E-state index < -0.39 is 0 Å². The van der Waals surface area contributed by atoms with E-state index in [9.17, 15) is 4.39 Å². The molecule has 0 spiro atoms. The molecule has 0 amide bonds. The second kappa shape index (κ2) is 8.40. The van der Waals surface area contributed by atoms with Crippen LogP contribution in [0.1, 0.15) is 13.8 Å². The van der Waals surface area contributed by atoms with Crippen molar-refractivity contribution in [1.29, 1.82) is 0 Å². The standard InChI is InChI=1S/C18H14FS.C2H6/c19-15-11-13-18(14-12-15)20(16-7-3-1-4-8-16)17-9-5-2-6-10-17;1-2/h1-14H;1-2H3/q+1;. The summed E-state index contributed by atoms with van der Waals surface area (Å²) in [7, 11) is -0.190. The van der Waals surface area contributed by atoms with Gasteiger partial charge in [0.05, 0.1) is 10.9 Å². The van der Waals surface area contributed by atoms with Crippen LogP contribution in [0.2, 0.25) is 0 Å². The smallest absolute Gasteiger partial charge is 0.166 e. The first-order valence-corrected chi connectivity index (χ1v) is 8.67. The summed E-state index contributed by atoms with van der Waals surface area (Å²) in [5, 5.41) is 0. The van der Waals surface area contributed by atoms with Crippen molar-refractivity contribution in [3.05, 3.63) is 90.7 Å². The minimum atomic E-state index is -0.196. The lowest BCUT2D eigenvalue weighted by molar-refractivity contribution is 0.626. The third kappa shape index (κ3) is 3.99. The molecule has 0 aliphatic rings. The SMILES string of the molecule is CC.Fc1ccc([S+](c2ccccc2)c2ccccc2)cc1. The molecule has 0 N–H and O–H groups in total. The van der Waals surface area contributed by atoms with Crippen LogP contribution in [0.3, 0.4) is 0 Å². The molecule has 0 saturated heterocycles. The molecule has 0 bridgehead atoms. The molecule has 0 radical (unpaired) electrons. The van der Waals surface area contributed by atoms with Crippen LogP contribution in [0.15, 0.2) is 99.6 Å². The Balaban J connectivity index is 0.000000847. The second-order valence-corrected chi connectivity index (χ2v) is 6.41. The van der Waals surface area contributed by atoms with Crippen molar-refractivity contribution >= 4 is 10.9 Å². The Kier molecular flexibility index (Phi) is 6.23. The molecule has 112 valence electrons. The highest BCUT2D eigenvalue weighted by Crippen LogP contribution is 2.30.